The lowest BCUT2D eigenvalue weighted by Crippen LogP contribution is -2.41. The summed E-state index contributed by atoms with van der Waals surface area (Å²) in [5, 5.41) is 14.6. The van der Waals surface area contributed by atoms with E-state index in [4.69, 9.17) is 16.3 Å². The molecule has 0 saturated heterocycles. The highest BCUT2D eigenvalue weighted by Gasteiger charge is 2.21. The van der Waals surface area contributed by atoms with Crippen molar-refractivity contribution >= 4 is 35.3 Å². The first kappa shape index (κ1) is 20.3. The Hall–Kier alpha value is -3.06. The monoisotopic (exact) mass is 390 g/mol. The molecular formula is C19H19ClN2O5. The molecule has 2 aromatic carbocycles. The molecule has 2 rings (SSSR count). The number of rotatable bonds is 8. The zero-order valence-electron chi connectivity index (χ0n) is 14.4. The number of nitrogens with one attached hydrogen (secondary N) is 2. The van der Waals surface area contributed by atoms with Crippen molar-refractivity contribution in [1.29, 1.82) is 0 Å². The first-order valence-corrected chi connectivity index (χ1v) is 8.57. The molecule has 3 N–H and O–H groups in total. The number of halogens is 1. The molecule has 0 aliphatic carbocycles. The van der Waals surface area contributed by atoms with Crippen molar-refractivity contribution in [3.05, 3.63) is 65.2 Å². The van der Waals surface area contributed by atoms with Crippen LogP contribution in [0.2, 0.25) is 5.02 Å². The van der Waals surface area contributed by atoms with Gasteiger partial charge in [-0.25, -0.2) is 9.59 Å². The van der Waals surface area contributed by atoms with E-state index >= 15 is 0 Å². The largest absolute Gasteiger partial charge is 0.480 e. The number of hydrogen-bond acceptors (Lipinski definition) is 4. The Labute approximate surface area is 161 Å². The quantitative estimate of drug-likeness (QED) is 0.640. The van der Waals surface area contributed by atoms with Crippen LogP contribution in [0, 0.1) is 0 Å². The number of carbonyl (C=O) groups excluding carboxylic acids is 2. The number of alkyl carbamates (subject to hydrolysis) is 1. The molecule has 0 unspecified atom stereocenters. The van der Waals surface area contributed by atoms with Crippen LogP contribution in [0.3, 0.4) is 0 Å². The Bertz CT molecular complexity index is 780. The summed E-state index contributed by atoms with van der Waals surface area (Å²) in [4.78, 5) is 35.0. The minimum Gasteiger partial charge on any atom is -0.480 e. The van der Waals surface area contributed by atoms with E-state index in [1.807, 2.05) is 6.07 Å². The van der Waals surface area contributed by atoms with E-state index in [1.54, 1.807) is 48.5 Å². The standard InChI is InChI=1S/C19H19ClN2O5/c20-14-6-8-15(9-7-14)21-17(23)11-10-16(18(24)25)22-19(26)27-12-13-4-2-1-3-5-13/h1-9,16H,10-12H2,(H,21,23)(H,22,26)(H,24,25)/t16-/m0/s1. The summed E-state index contributed by atoms with van der Waals surface area (Å²) < 4.78 is 5.00. The maximum absolute atomic E-state index is 11.9. The van der Waals surface area contributed by atoms with Gasteiger partial charge in [0, 0.05) is 17.1 Å². The molecule has 0 bridgehead atoms. The van der Waals surface area contributed by atoms with Crippen molar-refractivity contribution in [2.75, 3.05) is 5.32 Å². The third-order valence-corrected chi connectivity index (χ3v) is 3.84. The average molecular weight is 391 g/mol. The highest BCUT2D eigenvalue weighted by atomic mass is 35.5. The number of hydrogen-bond donors (Lipinski definition) is 3. The normalized spacial score (nSPS) is 11.3. The van der Waals surface area contributed by atoms with Crippen LogP contribution in [0.15, 0.2) is 54.6 Å². The van der Waals surface area contributed by atoms with E-state index in [2.05, 4.69) is 10.6 Å². The van der Waals surface area contributed by atoms with Crippen LogP contribution in [0.5, 0.6) is 0 Å². The molecule has 8 heteroatoms. The zero-order valence-corrected chi connectivity index (χ0v) is 15.1. The van der Waals surface area contributed by atoms with Gasteiger partial charge in [-0.1, -0.05) is 41.9 Å². The van der Waals surface area contributed by atoms with Gasteiger partial charge in [0.05, 0.1) is 0 Å². The van der Waals surface area contributed by atoms with E-state index in [9.17, 15) is 19.5 Å². The molecule has 2 amide bonds. The van der Waals surface area contributed by atoms with E-state index in [1.165, 1.54) is 0 Å². The molecule has 0 heterocycles. The molecular weight excluding hydrogens is 372 g/mol. The van der Waals surface area contributed by atoms with E-state index in [0.29, 0.717) is 10.7 Å². The Kier molecular flexibility index (Phi) is 7.63. The second-order valence-electron chi connectivity index (χ2n) is 5.69. The van der Waals surface area contributed by atoms with Gasteiger partial charge < -0.3 is 20.5 Å². The van der Waals surface area contributed by atoms with Crippen LogP contribution < -0.4 is 10.6 Å². The first-order chi connectivity index (χ1) is 12.9. The number of amides is 2. The predicted octanol–water partition coefficient (Wildman–Crippen LogP) is 3.44. The number of ether oxygens (including phenoxy) is 1. The highest BCUT2D eigenvalue weighted by molar-refractivity contribution is 6.30. The van der Waals surface area contributed by atoms with Crippen molar-refractivity contribution < 1.29 is 24.2 Å². The molecule has 0 aliphatic heterocycles. The van der Waals surface area contributed by atoms with E-state index < -0.39 is 18.1 Å². The number of anilines is 1. The summed E-state index contributed by atoms with van der Waals surface area (Å²) in [5.74, 6) is -1.62. The fourth-order valence-corrected chi connectivity index (χ4v) is 2.32. The van der Waals surface area contributed by atoms with Gasteiger partial charge in [0.25, 0.3) is 0 Å². The molecule has 0 fully saturated rings. The second-order valence-corrected chi connectivity index (χ2v) is 6.13. The van der Waals surface area contributed by atoms with Crippen LogP contribution in [0.25, 0.3) is 0 Å². The minimum atomic E-state index is -1.24. The topological polar surface area (TPSA) is 105 Å². The van der Waals surface area contributed by atoms with Crippen molar-refractivity contribution in [2.24, 2.45) is 0 Å². The lowest BCUT2D eigenvalue weighted by Gasteiger charge is -2.14. The lowest BCUT2D eigenvalue weighted by atomic mass is 10.1. The van der Waals surface area contributed by atoms with Gasteiger partial charge in [0.2, 0.25) is 5.91 Å². The maximum atomic E-state index is 11.9. The number of aliphatic carboxylic acids is 1. The minimum absolute atomic E-state index is 0.0239. The van der Waals surface area contributed by atoms with E-state index in [-0.39, 0.29) is 25.4 Å². The smallest absolute Gasteiger partial charge is 0.408 e. The summed E-state index contributed by atoms with van der Waals surface area (Å²) in [5.41, 5.74) is 1.33. The summed E-state index contributed by atoms with van der Waals surface area (Å²) in [6.07, 6.45) is -1.02. The highest BCUT2D eigenvalue weighted by Crippen LogP contribution is 2.14. The number of carboxylic acids is 1. The van der Waals surface area contributed by atoms with Gasteiger partial charge in [-0.3, -0.25) is 4.79 Å². The predicted molar refractivity (Wildman–Crippen MR) is 101 cm³/mol. The molecule has 0 aromatic heterocycles. The van der Waals surface area contributed by atoms with Gasteiger partial charge in [-0.2, -0.15) is 0 Å². The molecule has 2 aromatic rings. The third kappa shape index (κ3) is 7.37. The van der Waals surface area contributed by atoms with Crippen LogP contribution in [-0.4, -0.2) is 29.1 Å². The molecule has 0 radical (unpaired) electrons. The molecule has 1 atom stereocenters. The van der Waals surface area contributed by atoms with Gasteiger partial charge in [-0.15, -0.1) is 0 Å². The second kappa shape index (κ2) is 10.2. The SMILES string of the molecule is O=C(CC[C@H](NC(=O)OCc1ccccc1)C(=O)O)Nc1ccc(Cl)cc1. The lowest BCUT2D eigenvalue weighted by molar-refractivity contribution is -0.139. The van der Waals surface area contributed by atoms with Crippen molar-refractivity contribution in [2.45, 2.75) is 25.5 Å². The molecule has 142 valence electrons. The summed E-state index contributed by atoms with van der Waals surface area (Å²) in [6, 6.07) is 14.3. The Morgan fingerprint density at radius 1 is 1.04 bits per heavy atom. The van der Waals surface area contributed by atoms with Gasteiger partial charge in [-0.05, 0) is 36.2 Å². The number of benzene rings is 2. The van der Waals surface area contributed by atoms with Crippen LogP contribution in [-0.2, 0) is 20.9 Å². The molecule has 7 nitrogen and oxygen atoms in total. The summed E-state index contributed by atoms with van der Waals surface area (Å²) in [6.45, 7) is 0.0239. The molecule has 0 saturated carbocycles. The number of carboxylic acid groups (broad SMARTS) is 1. The molecule has 0 aliphatic rings. The van der Waals surface area contributed by atoms with Gasteiger partial charge in [0.15, 0.2) is 0 Å². The fourth-order valence-electron chi connectivity index (χ4n) is 2.20. The van der Waals surface area contributed by atoms with Gasteiger partial charge >= 0.3 is 12.1 Å². The maximum Gasteiger partial charge on any atom is 0.408 e. The van der Waals surface area contributed by atoms with Crippen molar-refractivity contribution in [3.63, 3.8) is 0 Å². The Morgan fingerprint density at radius 2 is 1.70 bits per heavy atom. The van der Waals surface area contributed by atoms with Crippen LogP contribution in [0.1, 0.15) is 18.4 Å². The zero-order chi connectivity index (χ0) is 19.6. The first-order valence-electron chi connectivity index (χ1n) is 8.19. The van der Waals surface area contributed by atoms with Gasteiger partial charge in [0.1, 0.15) is 12.6 Å². The fraction of sp³-hybridized carbons (Fsp3) is 0.211. The van der Waals surface area contributed by atoms with Crippen LogP contribution in [0.4, 0.5) is 10.5 Å². The average Bonchev–Trinajstić information content (AvgIpc) is 2.66. The summed E-state index contributed by atoms with van der Waals surface area (Å²) in [7, 11) is 0. The third-order valence-electron chi connectivity index (χ3n) is 3.59. The van der Waals surface area contributed by atoms with E-state index in [0.717, 1.165) is 5.56 Å². The van der Waals surface area contributed by atoms with Crippen molar-refractivity contribution in [1.82, 2.24) is 5.32 Å². The van der Waals surface area contributed by atoms with Crippen LogP contribution >= 0.6 is 11.6 Å². The van der Waals surface area contributed by atoms with Crippen molar-refractivity contribution in [3.8, 4) is 0 Å². The Balaban J connectivity index is 1.78. The summed E-state index contributed by atoms with van der Waals surface area (Å²) >= 11 is 5.77. The molecule has 0 spiro atoms. The molecule has 27 heavy (non-hydrogen) atoms. The number of carbonyl (C=O) groups is 3. The Morgan fingerprint density at radius 3 is 2.33 bits per heavy atom.